The summed E-state index contributed by atoms with van der Waals surface area (Å²) in [5.41, 5.74) is 0. The molecular formula is C13H24N2O2. The van der Waals surface area contributed by atoms with Gasteiger partial charge in [0.1, 0.15) is 6.04 Å². The van der Waals surface area contributed by atoms with Crippen LogP contribution in [0.2, 0.25) is 0 Å². The number of hydrogen-bond acceptors (Lipinski definition) is 4. The van der Waals surface area contributed by atoms with Gasteiger partial charge in [0.25, 0.3) is 0 Å². The fourth-order valence-corrected chi connectivity index (χ4v) is 3.45. The van der Waals surface area contributed by atoms with Crippen LogP contribution in [0.4, 0.5) is 0 Å². The van der Waals surface area contributed by atoms with Gasteiger partial charge in [0.15, 0.2) is 0 Å². The average Bonchev–Trinajstić information content (AvgIpc) is 2.68. The largest absolute Gasteiger partial charge is 0.468 e. The van der Waals surface area contributed by atoms with Gasteiger partial charge in [-0.2, -0.15) is 0 Å². The number of piperidine rings is 1. The number of methoxy groups -OCH3 is 1. The third kappa shape index (κ3) is 2.63. The molecule has 2 bridgehead atoms. The van der Waals surface area contributed by atoms with E-state index in [2.05, 4.69) is 17.1 Å². The molecule has 0 aromatic heterocycles. The maximum absolute atomic E-state index is 11.7. The number of nitrogens with one attached hydrogen (secondary N) is 1. The summed E-state index contributed by atoms with van der Waals surface area (Å²) in [7, 11) is 1.47. The Morgan fingerprint density at radius 2 is 2.00 bits per heavy atom. The van der Waals surface area contributed by atoms with Crippen molar-refractivity contribution in [3.05, 3.63) is 0 Å². The van der Waals surface area contributed by atoms with Crippen LogP contribution in [0.5, 0.6) is 0 Å². The predicted molar refractivity (Wildman–Crippen MR) is 66.8 cm³/mol. The van der Waals surface area contributed by atoms with E-state index in [4.69, 9.17) is 4.74 Å². The normalized spacial score (nSPS) is 33.8. The lowest BCUT2D eigenvalue weighted by Crippen LogP contribution is -2.52. The minimum atomic E-state index is -0.118. The summed E-state index contributed by atoms with van der Waals surface area (Å²) in [5, 5.41) is 3.64. The monoisotopic (exact) mass is 240 g/mol. The Labute approximate surface area is 104 Å². The Kier molecular flexibility index (Phi) is 4.05. The standard InChI is InChI=1S/C13H24N2O2/c1-4-15(9(2)13(16)17-3)12-7-10-5-6-11(8-12)14-10/h9-12,14H,4-8H2,1-3H3. The van der Waals surface area contributed by atoms with Crippen molar-refractivity contribution in [2.45, 2.75) is 63.7 Å². The van der Waals surface area contributed by atoms with E-state index >= 15 is 0 Å². The van der Waals surface area contributed by atoms with Crippen molar-refractivity contribution in [2.75, 3.05) is 13.7 Å². The van der Waals surface area contributed by atoms with Crippen LogP contribution in [0, 0.1) is 0 Å². The molecule has 1 N–H and O–H groups in total. The molecule has 2 rings (SSSR count). The maximum atomic E-state index is 11.7. The summed E-state index contributed by atoms with van der Waals surface area (Å²) in [6.45, 7) is 5.00. The van der Waals surface area contributed by atoms with Gasteiger partial charge in [-0.3, -0.25) is 9.69 Å². The summed E-state index contributed by atoms with van der Waals surface area (Å²) in [6.07, 6.45) is 4.94. The minimum Gasteiger partial charge on any atom is -0.468 e. The molecule has 2 aliphatic rings. The first-order valence-electron chi connectivity index (χ1n) is 6.75. The van der Waals surface area contributed by atoms with Gasteiger partial charge in [-0.25, -0.2) is 0 Å². The van der Waals surface area contributed by atoms with Gasteiger partial charge in [0.2, 0.25) is 0 Å². The molecular weight excluding hydrogens is 216 g/mol. The Morgan fingerprint density at radius 3 is 2.47 bits per heavy atom. The molecule has 0 aliphatic carbocycles. The highest BCUT2D eigenvalue weighted by atomic mass is 16.5. The number of hydrogen-bond donors (Lipinski definition) is 1. The van der Waals surface area contributed by atoms with Crippen molar-refractivity contribution in [3.63, 3.8) is 0 Å². The molecule has 4 heteroatoms. The van der Waals surface area contributed by atoms with Crippen LogP contribution in [0.15, 0.2) is 0 Å². The van der Waals surface area contributed by atoms with E-state index in [-0.39, 0.29) is 12.0 Å². The number of esters is 1. The van der Waals surface area contributed by atoms with E-state index < -0.39 is 0 Å². The summed E-state index contributed by atoms with van der Waals surface area (Å²) >= 11 is 0. The summed E-state index contributed by atoms with van der Waals surface area (Å²) in [6, 6.07) is 1.75. The first-order chi connectivity index (χ1) is 8.15. The molecule has 0 amide bonds. The lowest BCUT2D eigenvalue weighted by atomic mass is 9.97. The first-order valence-corrected chi connectivity index (χ1v) is 6.75. The van der Waals surface area contributed by atoms with Gasteiger partial charge >= 0.3 is 5.97 Å². The van der Waals surface area contributed by atoms with Crippen molar-refractivity contribution >= 4 is 5.97 Å². The smallest absolute Gasteiger partial charge is 0.322 e. The van der Waals surface area contributed by atoms with E-state index in [1.54, 1.807) is 0 Å². The zero-order chi connectivity index (χ0) is 12.4. The fourth-order valence-electron chi connectivity index (χ4n) is 3.45. The van der Waals surface area contributed by atoms with Gasteiger partial charge < -0.3 is 10.1 Å². The lowest BCUT2D eigenvalue weighted by Gasteiger charge is -2.39. The van der Waals surface area contributed by atoms with Gasteiger partial charge in [0, 0.05) is 18.1 Å². The molecule has 2 heterocycles. The maximum Gasteiger partial charge on any atom is 0.322 e. The van der Waals surface area contributed by atoms with Crippen LogP contribution in [0.1, 0.15) is 39.5 Å². The molecule has 0 saturated carbocycles. The second-order valence-electron chi connectivity index (χ2n) is 5.29. The number of nitrogens with zero attached hydrogens (tertiary/aromatic N) is 1. The zero-order valence-corrected chi connectivity index (χ0v) is 11.1. The van der Waals surface area contributed by atoms with Crippen LogP contribution in [-0.4, -0.2) is 48.7 Å². The van der Waals surface area contributed by atoms with Crippen LogP contribution >= 0.6 is 0 Å². The van der Waals surface area contributed by atoms with E-state index in [0.29, 0.717) is 18.1 Å². The Balaban J connectivity index is 2.00. The zero-order valence-electron chi connectivity index (χ0n) is 11.1. The fraction of sp³-hybridized carbons (Fsp3) is 0.923. The Hall–Kier alpha value is -0.610. The summed E-state index contributed by atoms with van der Waals surface area (Å²) in [4.78, 5) is 14.0. The third-order valence-corrected chi connectivity index (χ3v) is 4.32. The minimum absolute atomic E-state index is 0.113. The quantitative estimate of drug-likeness (QED) is 0.749. The number of carbonyl (C=O) groups excluding carboxylic acids is 1. The van der Waals surface area contributed by atoms with E-state index in [9.17, 15) is 4.79 Å². The van der Waals surface area contributed by atoms with Gasteiger partial charge in [0.05, 0.1) is 7.11 Å². The molecule has 2 aliphatic heterocycles. The van der Waals surface area contributed by atoms with Gasteiger partial charge in [-0.05, 0) is 39.2 Å². The number of carbonyl (C=O) groups is 1. The molecule has 0 aromatic carbocycles. The number of fused-ring (bicyclic) bond motifs is 2. The first kappa shape index (κ1) is 12.8. The SMILES string of the molecule is CCN(C1CC2CCC(C1)N2)C(C)C(=O)OC. The summed E-state index contributed by atoms with van der Waals surface area (Å²) < 4.78 is 4.86. The van der Waals surface area contributed by atoms with Gasteiger partial charge in [-0.1, -0.05) is 6.92 Å². The highest BCUT2D eigenvalue weighted by Crippen LogP contribution is 2.30. The summed E-state index contributed by atoms with van der Waals surface area (Å²) in [5.74, 6) is -0.113. The van der Waals surface area contributed by atoms with Crippen molar-refractivity contribution in [1.29, 1.82) is 0 Å². The molecule has 2 fully saturated rings. The molecule has 3 unspecified atom stereocenters. The van der Waals surface area contributed by atoms with Crippen LogP contribution in [-0.2, 0) is 9.53 Å². The van der Waals surface area contributed by atoms with Crippen LogP contribution in [0.25, 0.3) is 0 Å². The lowest BCUT2D eigenvalue weighted by molar-refractivity contribution is -0.147. The van der Waals surface area contributed by atoms with Crippen molar-refractivity contribution < 1.29 is 9.53 Å². The van der Waals surface area contributed by atoms with Crippen molar-refractivity contribution in [3.8, 4) is 0 Å². The molecule has 0 spiro atoms. The Bertz CT molecular complexity index is 271. The van der Waals surface area contributed by atoms with Crippen molar-refractivity contribution in [1.82, 2.24) is 10.2 Å². The van der Waals surface area contributed by atoms with E-state index in [1.807, 2.05) is 6.92 Å². The second kappa shape index (κ2) is 5.36. The van der Waals surface area contributed by atoms with Crippen LogP contribution in [0.3, 0.4) is 0 Å². The van der Waals surface area contributed by atoms with Crippen LogP contribution < -0.4 is 5.32 Å². The topological polar surface area (TPSA) is 41.6 Å². The van der Waals surface area contributed by atoms with E-state index in [0.717, 1.165) is 6.54 Å². The number of ether oxygens (including phenoxy) is 1. The highest BCUT2D eigenvalue weighted by molar-refractivity contribution is 5.75. The Morgan fingerprint density at radius 1 is 1.41 bits per heavy atom. The average molecular weight is 240 g/mol. The molecule has 17 heavy (non-hydrogen) atoms. The number of rotatable bonds is 4. The third-order valence-electron chi connectivity index (χ3n) is 4.32. The van der Waals surface area contributed by atoms with Gasteiger partial charge in [-0.15, -0.1) is 0 Å². The van der Waals surface area contributed by atoms with Crippen molar-refractivity contribution in [2.24, 2.45) is 0 Å². The molecule has 98 valence electrons. The second-order valence-corrected chi connectivity index (χ2v) is 5.29. The molecule has 0 radical (unpaired) electrons. The molecule has 2 saturated heterocycles. The molecule has 3 atom stereocenters. The number of likely N-dealkylation sites (N-methyl/N-ethyl adjacent to an activating group) is 1. The predicted octanol–water partition coefficient (Wildman–Crippen LogP) is 1.15. The molecule has 0 aromatic rings. The highest BCUT2D eigenvalue weighted by Gasteiger charge is 2.38. The van der Waals surface area contributed by atoms with E-state index in [1.165, 1.54) is 32.8 Å². The molecule has 4 nitrogen and oxygen atoms in total.